The number of rotatable bonds is 5. The van der Waals surface area contributed by atoms with Crippen LogP contribution in [0.4, 0.5) is 32.0 Å². The second kappa shape index (κ2) is 9.09. The molecule has 0 fully saturated rings. The van der Waals surface area contributed by atoms with Gasteiger partial charge in [-0.2, -0.15) is 17.9 Å². The van der Waals surface area contributed by atoms with E-state index >= 15 is 4.39 Å². The average molecular weight is 502 g/mol. The van der Waals surface area contributed by atoms with Crippen molar-refractivity contribution in [2.24, 2.45) is 0 Å². The first-order valence-corrected chi connectivity index (χ1v) is 10.1. The van der Waals surface area contributed by atoms with Crippen molar-refractivity contribution >= 4 is 11.6 Å². The van der Waals surface area contributed by atoms with Crippen LogP contribution in [-0.2, 0) is 6.54 Å². The molecule has 4 rings (SSSR count). The summed E-state index contributed by atoms with van der Waals surface area (Å²) in [5, 5.41) is 15.8. The monoisotopic (exact) mass is 502 g/mol. The van der Waals surface area contributed by atoms with Crippen molar-refractivity contribution in [2.75, 3.05) is 11.9 Å². The molecule has 1 amide bonds. The van der Waals surface area contributed by atoms with Crippen molar-refractivity contribution in [1.29, 1.82) is 0 Å². The van der Waals surface area contributed by atoms with Crippen molar-refractivity contribution < 1.29 is 41.0 Å². The Bertz CT molecular complexity index is 1330. The average Bonchev–Trinajstić information content (AvgIpc) is 3.12. The van der Waals surface area contributed by atoms with E-state index in [2.05, 4.69) is 9.84 Å². The van der Waals surface area contributed by atoms with Crippen molar-refractivity contribution in [1.82, 2.24) is 14.3 Å². The topological polar surface area (TPSA) is 98.4 Å². The van der Waals surface area contributed by atoms with Gasteiger partial charge >= 0.3 is 11.9 Å². The number of benzene rings is 2. The van der Waals surface area contributed by atoms with Gasteiger partial charge in [0.05, 0.1) is 5.56 Å². The molecule has 1 aliphatic rings. The molecule has 1 unspecified atom stereocenters. The standard InChI is InChI=1S/C21H16F6N4O4/c22-11-3-1-4-12(23)17(11)28-19(33)10-7-13(24)14(8-16(10)35-9-21(25,26)27)31-20(34)30-6-2-5-15(32)18(30)29-31/h1,3-4,7-8,15,32H,2,5-6,9H2,(H,28,33). The highest BCUT2D eigenvalue weighted by Crippen LogP contribution is 2.30. The summed E-state index contributed by atoms with van der Waals surface area (Å²) in [5.74, 6) is -5.88. The molecule has 0 bridgehead atoms. The molecule has 2 heterocycles. The molecule has 35 heavy (non-hydrogen) atoms. The third-order valence-electron chi connectivity index (χ3n) is 5.16. The third kappa shape index (κ3) is 4.87. The van der Waals surface area contributed by atoms with Crippen molar-refractivity contribution in [3.63, 3.8) is 0 Å². The maximum atomic E-state index is 15.0. The number of aliphatic hydroxyl groups excluding tert-OH is 1. The number of nitrogens with one attached hydrogen (secondary N) is 1. The van der Waals surface area contributed by atoms with Gasteiger partial charge in [-0.05, 0) is 31.0 Å². The summed E-state index contributed by atoms with van der Waals surface area (Å²) in [6.45, 7) is -1.71. The number of aliphatic hydroxyl groups is 1. The lowest BCUT2D eigenvalue weighted by molar-refractivity contribution is -0.153. The summed E-state index contributed by atoms with van der Waals surface area (Å²) in [6.07, 6.45) is -5.23. The molecule has 2 N–H and O–H groups in total. The number of aromatic nitrogens is 3. The fourth-order valence-corrected chi connectivity index (χ4v) is 3.56. The maximum absolute atomic E-state index is 15.0. The molecule has 2 aromatic carbocycles. The zero-order chi connectivity index (χ0) is 25.5. The number of nitrogens with zero attached hydrogens (tertiary/aromatic N) is 3. The highest BCUT2D eigenvalue weighted by molar-refractivity contribution is 6.06. The van der Waals surface area contributed by atoms with E-state index in [1.807, 2.05) is 5.32 Å². The largest absolute Gasteiger partial charge is 0.483 e. The zero-order valence-electron chi connectivity index (χ0n) is 17.6. The lowest BCUT2D eigenvalue weighted by atomic mass is 10.1. The highest BCUT2D eigenvalue weighted by Gasteiger charge is 2.31. The van der Waals surface area contributed by atoms with Crippen LogP contribution >= 0.6 is 0 Å². The second-order valence-corrected chi connectivity index (χ2v) is 7.62. The minimum atomic E-state index is -4.85. The van der Waals surface area contributed by atoms with Gasteiger partial charge in [0.1, 0.15) is 40.7 Å². The first-order valence-electron chi connectivity index (χ1n) is 10.1. The van der Waals surface area contributed by atoms with Crippen LogP contribution in [0.2, 0.25) is 0 Å². The number of ether oxygens (including phenoxy) is 1. The van der Waals surface area contributed by atoms with Gasteiger partial charge in [0.2, 0.25) is 0 Å². The maximum Gasteiger partial charge on any atom is 0.422 e. The van der Waals surface area contributed by atoms with Gasteiger partial charge in [0.15, 0.2) is 12.4 Å². The summed E-state index contributed by atoms with van der Waals surface area (Å²) in [7, 11) is 0. The van der Waals surface area contributed by atoms with Crippen LogP contribution in [0.5, 0.6) is 5.75 Å². The van der Waals surface area contributed by atoms with Crippen LogP contribution < -0.4 is 15.7 Å². The van der Waals surface area contributed by atoms with E-state index in [1.54, 1.807) is 0 Å². The Morgan fingerprint density at radius 3 is 2.49 bits per heavy atom. The van der Waals surface area contributed by atoms with Gasteiger partial charge in [-0.25, -0.2) is 18.0 Å². The fraction of sp³-hybridized carbons (Fsp3) is 0.286. The van der Waals surface area contributed by atoms with Crippen LogP contribution in [0.3, 0.4) is 0 Å². The minimum Gasteiger partial charge on any atom is -0.483 e. The fourth-order valence-electron chi connectivity index (χ4n) is 3.56. The normalized spacial score (nSPS) is 15.6. The summed E-state index contributed by atoms with van der Waals surface area (Å²) in [6, 6.07) is 3.76. The van der Waals surface area contributed by atoms with E-state index in [9.17, 15) is 36.6 Å². The molecule has 1 aliphatic heterocycles. The number of amides is 1. The Morgan fingerprint density at radius 2 is 1.86 bits per heavy atom. The number of hydrogen-bond acceptors (Lipinski definition) is 5. The number of carbonyl (C=O) groups excluding carboxylic acids is 1. The number of anilines is 1. The molecule has 8 nitrogen and oxygen atoms in total. The molecular weight excluding hydrogens is 486 g/mol. The van der Waals surface area contributed by atoms with Gasteiger partial charge < -0.3 is 15.2 Å². The Morgan fingerprint density at radius 1 is 1.17 bits per heavy atom. The summed E-state index contributed by atoms with van der Waals surface area (Å²) in [5.41, 5.74) is -3.26. The van der Waals surface area contributed by atoms with E-state index in [1.165, 1.54) is 0 Å². The van der Waals surface area contributed by atoms with Gasteiger partial charge in [0, 0.05) is 12.6 Å². The molecular formula is C21H16F6N4O4. The van der Waals surface area contributed by atoms with E-state index < -0.39 is 70.6 Å². The van der Waals surface area contributed by atoms with E-state index in [-0.39, 0.29) is 12.4 Å². The molecule has 1 aromatic heterocycles. The Labute approximate surface area is 192 Å². The lowest BCUT2D eigenvalue weighted by Gasteiger charge is -2.16. The van der Waals surface area contributed by atoms with Gasteiger partial charge in [-0.1, -0.05) is 6.07 Å². The zero-order valence-corrected chi connectivity index (χ0v) is 17.6. The van der Waals surface area contributed by atoms with E-state index in [0.717, 1.165) is 22.8 Å². The van der Waals surface area contributed by atoms with E-state index in [4.69, 9.17) is 0 Å². The highest BCUT2D eigenvalue weighted by atomic mass is 19.4. The Kier molecular flexibility index (Phi) is 6.32. The number of fused-ring (bicyclic) bond motifs is 1. The Balaban J connectivity index is 1.79. The molecule has 3 aromatic rings. The van der Waals surface area contributed by atoms with Crippen LogP contribution in [0, 0.1) is 17.5 Å². The summed E-state index contributed by atoms with van der Waals surface area (Å²) in [4.78, 5) is 25.3. The number of carbonyl (C=O) groups is 1. The van der Waals surface area contributed by atoms with Crippen molar-refractivity contribution in [2.45, 2.75) is 31.7 Å². The van der Waals surface area contributed by atoms with Crippen molar-refractivity contribution in [3.05, 3.63) is 69.7 Å². The first kappa shape index (κ1) is 24.3. The molecule has 0 aliphatic carbocycles. The van der Waals surface area contributed by atoms with Gasteiger partial charge in [-0.3, -0.25) is 9.36 Å². The van der Waals surface area contributed by atoms with Crippen molar-refractivity contribution in [3.8, 4) is 11.4 Å². The number of hydrogen-bond donors (Lipinski definition) is 2. The number of alkyl halides is 3. The minimum absolute atomic E-state index is 0.0599. The number of para-hydroxylation sites is 1. The SMILES string of the molecule is O=C(Nc1c(F)cccc1F)c1cc(F)c(-n2nc3n(c2=O)CCCC3O)cc1OCC(F)(F)F. The molecule has 0 saturated heterocycles. The number of halogens is 6. The molecule has 1 atom stereocenters. The van der Waals surface area contributed by atoms with Crippen LogP contribution in [0.25, 0.3) is 5.69 Å². The van der Waals surface area contributed by atoms with E-state index in [0.29, 0.717) is 29.7 Å². The molecule has 0 saturated carbocycles. The predicted molar refractivity (Wildman–Crippen MR) is 108 cm³/mol. The van der Waals surface area contributed by atoms with Crippen LogP contribution in [-0.4, -0.2) is 38.1 Å². The lowest BCUT2D eigenvalue weighted by Crippen LogP contribution is -2.28. The molecule has 0 radical (unpaired) electrons. The van der Waals surface area contributed by atoms with Gasteiger partial charge in [0.25, 0.3) is 5.91 Å². The smallest absolute Gasteiger partial charge is 0.422 e. The third-order valence-corrected chi connectivity index (χ3v) is 5.16. The quantitative estimate of drug-likeness (QED) is 0.521. The summed E-state index contributed by atoms with van der Waals surface area (Å²) >= 11 is 0. The van der Waals surface area contributed by atoms with Crippen LogP contribution in [0.15, 0.2) is 35.1 Å². The molecule has 14 heteroatoms. The van der Waals surface area contributed by atoms with Gasteiger partial charge in [-0.15, -0.1) is 5.10 Å². The first-order chi connectivity index (χ1) is 16.5. The Hall–Kier alpha value is -3.81. The predicted octanol–water partition coefficient (Wildman–Crippen LogP) is 3.47. The molecule has 186 valence electrons. The van der Waals surface area contributed by atoms with Crippen LogP contribution in [0.1, 0.15) is 35.1 Å². The molecule has 0 spiro atoms. The summed E-state index contributed by atoms with van der Waals surface area (Å²) < 4.78 is 87.5. The second-order valence-electron chi connectivity index (χ2n) is 7.62.